The van der Waals surface area contributed by atoms with Crippen LogP contribution >= 0.6 is 0 Å². The van der Waals surface area contributed by atoms with Gasteiger partial charge in [0.05, 0.1) is 0 Å². The van der Waals surface area contributed by atoms with Gasteiger partial charge in [-0.05, 0) is 36.6 Å². The van der Waals surface area contributed by atoms with Crippen molar-refractivity contribution in [3.8, 4) is 0 Å². The molecule has 0 atom stereocenters. The number of hydrogen-bond donors (Lipinski definition) is 1. The van der Waals surface area contributed by atoms with Crippen LogP contribution in [-0.2, 0) is 4.79 Å². The molecule has 1 N–H and O–H groups in total. The molecule has 0 spiro atoms. The standard InChI is InChI=1S/C13H15NO2/c15-13(16)8-5-11-3-6-12(7-4-11)14-9-1-2-10-14/h3-8H,1-2,9-10H2,(H,15,16). The van der Waals surface area contributed by atoms with Gasteiger partial charge >= 0.3 is 5.97 Å². The van der Waals surface area contributed by atoms with Gasteiger partial charge in [0.2, 0.25) is 0 Å². The van der Waals surface area contributed by atoms with Crippen molar-refractivity contribution in [3.05, 3.63) is 35.9 Å². The molecule has 1 saturated heterocycles. The van der Waals surface area contributed by atoms with Crippen molar-refractivity contribution >= 4 is 17.7 Å². The number of rotatable bonds is 3. The minimum atomic E-state index is -0.913. The average Bonchev–Trinajstić information content (AvgIpc) is 2.80. The summed E-state index contributed by atoms with van der Waals surface area (Å²) < 4.78 is 0. The summed E-state index contributed by atoms with van der Waals surface area (Å²) in [7, 11) is 0. The third-order valence-corrected chi connectivity index (χ3v) is 2.78. The monoisotopic (exact) mass is 217 g/mol. The van der Waals surface area contributed by atoms with E-state index >= 15 is 0 Å². The van der Waals surface area contributed by atoms with Gasteiger partial charge in [0.1, 0.15) is 0 Å². The summed E-state index contributed by atoms with van der Waals surface area (Å²) in [6, 6.07) is 8.00. The second-order valence-electron chi connectivity index (χ2n) is 3.96. The smallest absolute Gasteiger partial charge is 0.328 e. The Morgan fingerprint density at radius 1 is 1.19 bits per heavy atom. The third kappa shape index (κ3) is 2.63. The summed E-state index contributed by atoms with van der Waals surface area (Å²) in [6.45, 7) is 2.26. The molecule has 84 valence electrons. The van der Waals surface area contributed by atoms with Gasteiger partial charge < -0.3 is 10.0 Å². The normalized spacial score (nSPS) is 15.9. The molecule has 1 aromatic rings. The van der Waals surface area contributed by atoms with Gasteiger partial charge in [-0.2, -0.15) is 0 Å². The summed E-state index contributed by atoms with van der Waals surface area (Å²) in [6.07, 6.45) is 5.29. The van der Waals surface area contributed by atoms with Gasteiger partial charge in [-0.25, -0.2) is 4.79 Å². The van der Waals surface area contributed by atoms with Crippen LogP contribution in [0, 0.1) is 0 Å². The Kier molecular flexibility index (Phi) is 3.25. The molecule has 0 aromatic heterocycles. The Balaban J connectivity index is 2.06. The Morgan fingerprint density at radius 3 is 2.38 bits per heavy atom. The molecule has 1 aromatic carbocycles. The van der Waals surface area contributed by atoms with Gasteiger partial charge in [0, 0.05) is 24.9 Å². The van der Waals surface area contributed by atoms with E-state index in [0.717, 1.165) is 24.7 Å². The fourth-order valence-electron chi connectivity index (χ4n) is 1.94. The average molecular weight is 217 g/mol. The van der Waals surface area contributed by atoms with Crippen molar-refractivity contribution in [2.24, 2.45) is 0 Å². The topological polar surface area (TPSA) is 40.5 Å². The highest BCUT2D eigenvalue weighted by molar-refractivity contribution is 5.85. The van der Waals surface area contributed by atoms with Crippen molar-refractivity contribution in [2.75, 3.05) is 18.0 Å². The fourth-order valence-corrected chi connectivity index (χ4v) is 1.94. The lowest BCUT2D eigenvalue weighted by Gasteiger charge is -2.17. The van der Waals surface area contributed by atoms with Crippen molar-refractivity contribution in [1.82, 2.24) is 0 Å². The van der Waals surface area contributed by atoms with Crippen molar-refractivity contribution < 1.29 is 9.90 Å². The largest absolute Gasteiger partial charge is 0.478 e. The van der Waals surface area contributed by atoms with Crippen LogP contribution in [0.25, 0.3) is 6.08 Å². The maximum absolute atomic E-state index is 10.4. The predicted molar refractivity (Wildman–Crippen MR) is 64.6 cm³/mol. The number of hydrogen-bond acceptors (Lipinski definition) is 2. The van der Waals surface area contributed by atoms with E-state index in [1.807, 2.05) is 24.3 Å². The first-order valence-corrected chi connectivity index (χ1v) is 5.52. The van der Waals surface area contributed by atoms with Crippen molar-refractivity contribution in [1.29, 1.82) is 0 Å². The number of carbonyl (C=O) groups is 1. The molecule has 3 heteroatoms. The van der Waals surface area contributed by atoms with Crippen LogP contribution in [0.5, 0.6) is 0 Å². The minimum Gasteiger partial charge on any atom is -0.478 e. The molecule has 0 bridgehead atoms. The highest BCUT2D eigenvalue weighted by Gasteiger charge is 2.11. The summed E-state index contributed by atoms with van der Waals surface area (Å²) >= 11 is 0. The molecular formula is C13H15NO2. The van der Waals surface area contributed by atoms with Gasteiger partial charge in [-0.3, -0.25) is 0 Å². The van der Waals surface area contributed by atoms with Gasteiger partial charge in [-0.15, -0.1) is 0 Å². The summed E-state index contributed by atoms with van der Waals surface area (Å²) in [5.41, 5.74) is 2.15. The summed E-state index contributed by atoms with van der Waals surface area (Å²) in [4.78, 5) is 12.7. The van der Waals surface area contributed by atoms with E-state index in [0.29, 0.717) is 0 Å². The molecule has 0 saturated carbocycles. The maximum Gasteiger partial charge on any atom is 0.328 e. The number of anilines is 1. The van der Waals surface area contributed by atoms with E-state index in [4.69, 9.17) is 5.11 Å². The second-order valence-corrected chi connectivity index (χ2v) is 3.96. The lowest BCUT2D eigenvalue weighted by atomic mass is 10.2. The molecule has 1 heterocycles. The number of aliphatic carboxylic acids is 1. The first-order valence-electron chi connectivity index (χ1n) is 5.52. The molecule has 3 nitrogen and oxygen atoms in total. The lowest BCUT2D eigenvalue weighted by molar-refractivity contribution is -0.131. The molecule has 16 heavy (non-hydrogen) atoms. The summed E-state index contributed by atoms with van der Waals surface area (Å²) in [5, 5.41) is 8.51. The molecule has 0 radical (unpaired) electrons. The molecule has 0 aliphatic carbocycles. The Hall–Kier alpha value is -1.77. The van der Waals surface area contributed by atoms with Crippen LogP contribution in [0.4, 0.5) is 5.69 Å². The van der Waals surface area contributed by atoms with E-state index in [1.165, 1.54) is 18.5 Å². The first kappa shape index (κ1) is 10.7. The molecule has 1 aliphatic heterocycles. The van der Waals surface area contributed by atoms with E-state index in [1.54, 1.807) is 6.08 Å². The minimum absolute atomic E-state index is 0.913. The zero-order chi connectivity index (χ0) is 11.4. The zero-order valence-electron chi connectivity index (χ0n) is 9.10. The van der Waals surface area contributed by atoms with Crippen LogP contribution in [0.15, 0.2) is 30.3 Å². The molecule has 0 amide bonds. The van der Waals surface area contributed by atoms with Crippen LogP contribution in [0.3, 0.4) is 0 Å². The van der Waals surface area contributed by atoms with Crippen LogP contribution in [0.2, 0.25) is 0 Å². The number of carboxylic acid groups (broad SMARTS) is 1. The van der Waals surface area contributed by atoms with E-state index in [9.17, 15) is 4.79 Å². The quantitative estimate of drug-likeness (QED) is 0.790. The molecular weight excluding hydrogens is 202 g/mol. The predicted octanol–water partition coefficient (Wildman–Crippen LogP) is 2.38. The maximum atomic E-state index is 10.4. The highest BCUT2D eigenvalue weighted by atomic mass is 16.4. The number of carboxylic acids is 1. The Bertz CT molecular complexity index is 389. The SMILES string of the molecule is O=C(O)C=Cc1ccc(N2CCCC2)cc1. The van der Waals surface area contributed by atoms with Crippen LogP contribution in [-0.4, -0.2) is 24.2 Å². The molecule has 1 aliphatic rings. The van der Waals surface area contributed by atoms with E-state index in [2.05, 4.69) is 4.90 Å². The Morgan fingerprint density at radius 2 is 1.81 bits per heavy atom. The molecule has 2 rings (SSSR count). The van der Waals surface area contributed by atoms with E-state index in [-0.39, 0.29) is 0 Å². The Labute approximate surface area is 95.0 Å². The summed E-state index contributed by atoms with van der Waals surface area (Å²) in [5.74, 6) is -0.913. The number of benzene rings is 1. The first-order chi connectivity index (χ1) is 7.75. The van der Waals surface area contributed by atoms with Gasteiger partial charge in [-0.1, -0.05) is 12.1 Å². The second kappa shape index (κ2) is 4.84. The van der Waals surface area contributed by atoms with Crippen molar-refractivity contribution in [2.45, 2.75) is 12.8 Å². The van der Waals surface area contributed by atoms with Crippen LogP contribution in [0.1, 0.15) is 18.4 Å². The van der Waals surface area contributed by atoms with Gasteiger partial charge in [0.25, 0.3) is 0 Å². The van der Waals surface area contributed by atoms with Crippen LogP contribution < -0.4 is 4.90 Å². The lowest BCUT2D eigenvalue weighted by Crippen LogP contribution is -2.17. The van der Waals surface area contributed by atoms with Crippen molar-refractivity contribution in [3.63, 3.8) is 0 Å². The fraction of sp³-hybridized carbons (Fsp3) is 0.308. The van der Waals surface area contributed by atoms with E-state index < -0.39 is 5.97 Å². The molecule has 1 fully saturated rings. The zero-order valence-corrected chi connectivity index (χ0v) is 9.10. The third-order valence-electron chi connectivity index (χ3n) is 2.78. The number of nitrogens with zero attached hydrogens (tertiary/aromatic N) is 1. The highest BCUT2D eigenvalue weighted by Crippen LogP contribution is 2.20. The van der Waals surface area contributed by atoms with Gasteiger partial charge in [0.15, 0.2) is 0 Å². The molecule has 0 unspecified atom stereocenters.